The molecule has 3 rings (SSSR count). The van der Waals surface area contributed by atoms with Crippen LogP contribution in [-0.2, 0) is 11.3 Å². The SMILES string of the molecule is Cc1ccccc1-c1nnn(CC(=O)N2CCC[C@H](C)C2)n1. The molecule has 1 amide bonds. The van der Waals surface area contributed by atoms with Crippen LogP contribution in [0.3, 0.4) is 0 Å². The van der Waals surface area contributed by atoms with E-state index < -0.39 is 0 Å². The standard InChI is InChI=1S/C16H21N5O/c1-12-6-5-9-20(10-12)15(22)11-21-18-16(17-19-21)14-8-4-3-7-13(14)2/h3-4,7-8,12H,5-6,9-11H2,1-2H3/t12-/m0/s1. The molecular weight excluding hydrogens is 278 g/mol. The van der Waals surface area contributed by atoms with Gasteiger partial charge in [0.15, 0.2) is 0 Å². The number of rotatable bonds is 3. The Morgan fingerprint density at radius 1 is 1.36 bits per heavy atom. The third-order valence-electron chi connectivity index (χ3n) is 4.13. The quantitative estimate of drug-likeness (QED) is 0.868. The van der Waals surface area contributed by atoms with Crippen LogP contribution in [0.1, 0.15) is 25.3 Å². The molecule has 1 aromatic heterocycles. The minimum atomic E-state index is 0.0697. The van der Waals surface area contributed by atoms with Crippen molar-refractivity contribution in [1.82, 2.24) is 25.1 Å². The number of nitrogens with zero attached hydrogens (tertiary/aromatic N) is 5. The number of likely N-dealkylation sites (tertiary alicyclic amines) is 1. The molecule has 0 N–H and O–H groups in total. The van der Waals surface area contributed by atoms with Crippen LogP contribution in [0.25, 0.3) is 11.4 Å². The fraction of sp³-hybridized carbons (Fsp3) is 0.500. The number of carbonyl (C=O) groups excluding carboxylic acids is 1. The van der Waals surface area contributed by atoms with E-state index in [0.717, 1.165) is 30.6 Å². The molecule has 0 saturated carbocycles. The van der Waals surface area contributed by atoms with Gasteiger partial charge in [0.25, 0.3) is 0 Å². The number of piperidine rings is 1. The summed E-state index contributed by atoms with van der Waals surface area (Å²) in [6.45, 7) is 6.02. The van der Waals surface area contributed by atoms with E-state index in [0.29, 0.717) is 11.7 Å². The Bertz CT molecular complexity index is 666. The lowest BCUT2D eigenvalue weighted by Gasteiger charge is -2.30. The van der Waals surface area contributed by atoms with E-state index in [1.807, 2.05) is 36.1 Å². The van der Waals surface area contributed by atoms with Crippen LogP contribution < -0.4 is 0 Å². The molecule has 6 nitrogen and oxygen atoms in total. The number of aromatic nitrogens is 4. The second kappa shape index (κ2) is 6.25. The van der Waals surface area contributed by atoms with Crippen molar-refractivity contribution < 1.29 is 4.79 Å². The molecule has 2 aromatic rings. The summed E-state index contributed by atoms with van der Waals surface area (Å²) < 4.78 is 0. The van der Waals surface area contributed by atoms with Crippen molar-refractivity contribution in [2.75, 3.05) is 13.1 Å². The van der Waals surface area contributed by atoms with Crippen molar-refractivity contribution in [3.63, 3.8) is 0 Å². The topological polar surface area (TPSA) is 63.9 Å². The average molecular weight is 299 g/mol. The zero-order chi connectivity index (χ0) is 15.5. The van der Waals surface area contributed by atoms with Crippen molar-refractivity contribution in [2.24, 2.45) is 5.92 Å². The molecule has 1 aromatic carbocycles. The summed E-state index contributed by atoms with van der Waals surface area (Å²) >= 11 is 0. The first-order valence-electron chi connectivity index (χ1n) is 7.75. The molecule has 0 radical (unpaired) electrons. The average Bonchev–Trinajstić information content (AvgIpc) is 2.96. The first kappa shape index (κ1) is 14.7. The maximum Gasteiger partial charge on any atom is 0.246 e. The van der Waals surface area contributed by atoms with Gasteiger partial charge < -0.3 is 4.90 Å². The van der Waals surface area contributed by atoms with Crippen LogP contribution in [0.2, 0.25) is 0 Å². The summed E-state index contributed by atoms with van der Waals surface area (Å²) in [7, 11) is 0. The van der Waals surface area contributed by atoms with Crippen molar-refractivity contribution in [1.29, 1.82) is 0 Å². The molecule has 1 aliphatic heterocycles. The van der Waals surface area contributed by atoms with Crippen LogP contribution in [0.5, 0.6) is 0 Å². The Hall–Kier alpha value is -2.24. The van der Waals surface area contributed by atoms with E-state index in [1.54, 1.807) is 0 Å². The number of hydrogen-bond acceptors (Lipinski definition) is 4. The monoisotopic (exact) mass is 299 g/mol. The van der Waals surface area contributed by atoms with Gasteiger partial charge in [0.05, 0.1) is 0 Å². The van der Waals surface area contributed by atoms with Crippen molar-refractivity contribution in [3.8, 4) is 11.4 Å². The highest BCUT2D eigenvalue weighted by Gasteiger charge is 2.22. The Labute approximate surface area is 130 Å². The van der Waals surface area contributed by atoms with E-state index in [4.69, 9.17) is 0 Å². The number of hydrogen-bond donors (Lipinski definition) is 0. The van der Waals surface area contributed by atoms with E-state index >= 15 is 0 Å². The highest BCUT2D eigenvalue weighted by atomic mass is 16.2. The van der Waals surface area contributed by atoms with E-state index in [2.05, 4.69) is 22.3 Å². The highest BCUT2D eigenvalue weighted by Crippen LogP contribution is 2.18. The van der Waals surface area contributed by atoms with Crippen LogP contribution >= 0.6 is 0 Å². The van der Waals surface area contributed by atoms with Crippen molar-refractivity contribution in [3.05, 3.63) is 29.8 Å². The van der Waals surface area contributed by atoms with Crippen molar-refractivity contribution >= 4 is 5.91 Å². The van der Waals surface area contributed by atoms with E-state index in [-0.39, 0.29) is 12.5 Å². The maximum atomic E-state index is 12.3. The molecule has 6 heteroatoms. The van der Waals surface area contributed by atoms with Gasteiger partial charge in [-0.15, -0.1) is 10.2 Å². The van der Waals surface area contributed by atoms with Gasteiger partial charge in [-0.05, 0) is 36.5 Å². The smallest absolute Gasteiger partial charge is 0.246 e. The first-order valence-corrected chi connectivity index (χ1v) is 7.75. The van der Waals surface area contributed by atoms with Crippen LogP contribution in [0.4, 0.5) is 0 Å². The van der Waals surface area contributed by atoms with Gasteiger partial charge in [0.2, 0.25) is 11.7 Å². The Balaban J connectivity index is 1.69. The van der Waals surface area contributed by atoms with E-state index in [9.17, 15) is 4.79 Å². The number of aryl methyl sites for hydroxylation is 1. The highest BCUT2D eigenvalue weighted by molar-refractivity contribution is 5.76. The molecule has 0 aliphatic carbocycles. The zero-order valence-corrected chi connectivity index (χ0v) is 13.1. The molecule has 0 spiro atoms. The van der Waals surface area contributed by atoms with Gasteiger partial charge in [0, 0.05) is 18.7 Å². The van der Waals surface area contributed by atoms with E-state index in [1.165, 1.54) is 11.2 Å². The van der Waals surface area contributed by atoms with Crippen LogP contribution in [0.15, 0.2) is 24.3 Å². The van der Waals surface area contributed by atoms with Gasteiger partial charge >= 0.3 is 0 Å². The molecule has 1 atom stereocenters. The second-order valence-corrected chi connectivity index (χ2v) is 6.05. The van der Waals surface area contributed by atoms with Crippen molar-refractivity contribution in [2.45, 2.75) is 33.2 Å². The lowest BCUT2D eigenvalue weighted by Crippen LogP contribution is -2.41. The molecule has 116 valence electrons. The Morgan fingerprint density at radius 3 is 2.95 bits per heavy atom. The summed E-state index contributed by atoms with van der Waals surface area (Å²) in [5.41, 5.74) is 2.05. The van der Waals surface area contributed by atoms with Gasteiger partial charge in [-0.25, -0.2) is 0 Å². The molecule has 1 fully saturated rings. The van der Waals surface area contributed by atoms with Crippen LogP contribution in [-0.4, -0.2) is 44.1 Å². The molecule has 2 heterocycles. The third-order valence-corrected chi connectivity index (χ3v) is 4.13. The predicted molar refractivity (Wildman–Crippen MR) is 83.0 cm³/mol. The number of benzene rings is 1. The predicted octanol–water partition coefficient (Wildman–Crippen LogP) is 1.91. The van der Waals surface area contributed by atoms with Gasteiger partial charge in [-0.3, -0.25) is 4.79 Å². The lowest BCUT2D eigenvalue weighted by molar-refractivity contribution is -0.134. The first-order chi connectivity index (χ1) is 10.6. The fourth-order valence-electron chi connectivity index (χ4n) is 2.88. The molecule has 22 heavy (non-hydrogen) atoms. The molecule has 1 saturated heterocycles. The van der Waals surface area contributed by atoms with Gasteiger partial charge in [-0.1, -0.05) is 31.2 Å². The number of carbonyl (C=O) groups is 1. The maximum absolute atomic E-state index is 12.3. The fourth-order valence-corrected chi connectivity index (χ4v) is 2.88. The molecular formula is C16H21N5O. The molecule has 0 bridgehead atoms. The van der Waals surface area contributed by atoms with Gasteiger partial charge in [-0.2, -0.15) is 4.80 Å². The lowest BCUT2D eigenvalue weighted by atomic mass is 10.0. The van der Waals surface area contributed by atoms with Crippen LogP contribution in [0, 0.1) is 12.8 Å². The largest absolute Gasteiger partial charge is 0.341 e. The minimum absolute atomic E-state index is 0.0697. The minimum Gasteiger partial charge on any atom is -0.341 e. The number of tetrazole rings is 1. The normalized spacial score (nSPS) is 18.5. The third kappa shape index (κ3) is 3.16. The van der Waals surface area contributed by atoms with Gasteiger partial charge in [0.1, 0.15) is 6.54 Å². The summed E-state index contributed by atoms with van der Waals surface area (Å²) in [4.78, 5) is 15.6. The summed E-state index contributed by atoms with van der Waals surface area (Å²) in [6.07, 6.45) is 2.27. The second-order valence-electron chi connectivity index (χ2n) is 6.05. The number of amides is 1. The summed E-state index contributed by atoms with van der Waals surface area (Å²) in [6, 6.07) is 7.90. The summed E-state index contributed by atoms with van der Waals surface area (Å²) in [5, 5.41) is 12.4. The Morgan fingerprint density at radius 2 is 2.18 bits per heavy atom. The molecule has 0 unspecified atom stereocenters. The summed E-state index contributed by atoms with van der Waals surface area (Å²) in [5.74, 6) is 1.21. The molecule has 1 aliphatic rings. The Kier molecular flexibility index (Phi) is 4.18. The zero-order valence-electron chi connectivity index (χ0n) is 13.1.